The van der Waals surface area contributed by atoms with E-state index in [-0.39, 0.29) is 58.0 Å². The molecule has 0 bridgehead atoms. The molecule has 0 amide bonds. The zero-order valence-corrected chi connectivity index (χ0v) is 36.3. The molecule has 293 valence electrons. The Labute approximate surface area is 332 Å². The minimum absolute atomic E-state index is 0. The van der Waals surface area contributed by atoms with E-state index >= 15 is 0 Å². The summed E-state index contributed by atoms with van der Waals surface area (Å²) in [5.74, 6) is 0.00923. The van der Waals surface area contributed by atoms with Gasteiger partial charge in [-0.15, -0.1) is 0 Å². The molecule has 3 N–H and O–H groups in total. The second-order valence-corrected chi connectivity index (χ2v) is 14.3. The largest absolute Gasteiger partial charge is 0.462 e. The number of carbonyl (C=O) groups is 1. The molecular formula is C42H87NO5Y. The Hall–Kier alpha value is 0.414. The Kier molecular flexibility index (Phi) is 53.1. The van der Waals surface area contributed by atoms with Gasteiger partial charge in [-0.1, -0.05) is 156 Å². The third-order valence-electron chi connectivity index (χ3n) is 9.47. The minimum Gasteiger partial charge on any atom is -0.462 e. The van der Waals surface area contributed by atoms with Crippen molar-refractivity contribution >= 4 is 5.97 Å². The Bertz CT molecular complexity index is 571. The van der Waals surface area contributed by atoms with Gasteiger partial charge >= 0.3 is 5.97 Å². The average Bonchev–Trinajstić information content (AvgIpc) is 3.08. The van der Waals surface area contributed by atoms with Crippen LogP contribution in [0.4, 0.5) is 0 Å². The molecule has 0 aromatic rings. The van der Waals surface area contributed by atoms with Crippen molar-refractivity contribution in [1.82, 2.24) is 4.90 Å². The maximum absolute atomic E-state index is 12.5. The van der Waals surface area contributed by atoms with Crippen LogP contribution in [0.15, 0.2) is 0 Å². The Morgan fingerprint density at radius 3 is 1.22 bits per heavy atom. The monoisotopic (exact) mass is 775 g/mol. The molecule has 0 fully saturated rings. The van der Waals surface area contributed by atoms with Crippen molar-refractivity contribution in [3.05, 3.63) is 0 Å². The molecule has 0 aliphatic rings. The smallest absolute Gasteiger partial charge is 0.306 e. The van der Waals surface area contributed by atoms with E-state index in [0.717, 1.165) is 83.8 Å². The second kappa shape index (κ2) is 48.4. The van der Waals surface area contributed by atoms with Gasteiger partial charge in [0.15, 0.2) is 0 Å². The number of hydrogen-bond donors (Lipinski definition) is 3. The Balaban J connectivity index is -0.00000138. The summed E-state index contributed by atoms with van der Waals surface area (Å²) in [5, 5.41) is 26.7. The van der Waals surface area contributed by atoms with E-state index in [1.165, 1.54) is 128 Å². The van der Waals surface area contributed by atoms with Crippen LogP contribution in [0.25, 0.3) is 0 Å². The molecule has 49 heavy (non-hydrogen) atoms. The summed E-state index contributed by atoms with van der Waals surface area (Å²) in [5.41, 5.74) is 0. The van der Waals surface area contributed by atoms with Gasteiger partial charge in [-0.2, -0.15) is 0 Å². The standard InChI is InChI=1S/C31H63NO4.C11H24O.Y/c1-3-5-7-9-12-16-22-30(23-17-13-10-8-6-4-2)36-31(35)24-18-14-11-15-19-25-32(27-29-34)26-20-21-28-33;1-2-3-4-5-6-7-8-9-10-11-12;/h30,33-34H,3-29H2,1-2H3;12H,2-11H2,1H3;. The topological polar surface area (TPSA) is 90.2 Å². The first-order valence-corrected chi connectivity index (χ1v) is 21.3. The predicted molar refractivity (Wildman–Crippen MR) is 208 cm³/mol. The normalized spacial score (nSPS) is 11.1. The predicted octanol–water partition coefficient (Wildman–Crippen LogP) is 11.3. The van der Waals surface area contributed by atoms with E-state index in [0.29, 0.717) is 13.0 Å². The zero-order chi connectivity index (χ0) is 35.6. The van der Waals surface area contributed by atoms with Gasteiger partial charge in [0.2, 0.25) is 0 Å². The number of aliphatic hydroxyl groups is 3. The number of unbranched alkanes of at least 4 members (excludes halogenated alkanes) is 23. The molecule has 0 aliphatic carbocycles. The van der Waals surface area contributed by atoms with Crippen LogP contribution in [-0.2, 0) is 42.2 Å². The molecule has 1 radical (unpaired) electrons. The zero-order valence-electron chi connectivity index (χ0n) is 33.4. The molecule has 0 spiro atoms. The summed E-state index contributed by atoms with van der Waals surface area (Å²) in [6, 6.07) is 0. The van der Waals surface area contributed by atoms with Crippen molar-refractivity contribution in [3.8, 4) is 0 Å². The first-order chi connectivity index (χ1) is 23.6. The van der Waals surface area contributed by atoms with Gasteiger partial charge in [0.25, 0.3) is 0 Å². The average molecular weight is 775 g/mol. The van der Waals surface area contributed by atoms with Crippen LogP contribution in [0.5, 0.6) is 0 Å². The summed E-state index contributed by atoms with van der Waals surface area (Å²) in [7, 11) is 0. The maximum atomic E-state index is 12.5. The van der Waals surface area contributed by atoms with Crippen LogP contribution in [0, 0.1) is 0 Å². The van der Waals surface area contributed by atoms with Gasteiger partial charge in [-0.05, 0) is 70.9 Å². The van der Waals surface area contributed by atoms with Crippen molar-refractivity contribution < 1.29 is 57.6 Å². The fourth-order valence-electron chi connectivity index (χ4n) is 6.29. The van der Waals surface area contributed by atoms with Gasteiger partial charge in [0.1, 0.15) is 6.10 Å². The molecular weight excluding hydrogens is 687 g/mol. The molecule has 0 rings (SSSR count). The SMILES string of the molecule is CCCCCCCCC(CCCCCCCC)OC(=O)CCCCCCCN(CCO)CCCCO.CCCCCCCCCCCO.[Y]. The van der Waals surface area contributed by atoms with Crippen molar-refractivity contribution in [2.24, 2.45) is 0 Å². The number of carbonyl (C=O) groups excluding carboxylic acids is 1. The van der Waals surface area contributed by atoms with Crippen LogP contribution < -0.4 is 0 Å². The summed E-state index contributed by atoms with van der Waals surface area (Å²) in [6.07, 6.45) is 37.3. The summed E-state index contributed by atoms with van der Waals surface area (Å²) >= 11 is 0. The molecule has 0 aliphatic heterocycles. The number of aliphatic hydroxyl groups excluding tert-OH is 3. The van der Waals surface area contributed by atoms with Gasteiger partial charge in [0.05, 0.1) is 6.61 Å². The fourth-order valence-corrected chi connectivity index (χ4v) is 6.29. The number of nitrogens with zero attached hydrogens (tertiary/aromatic N) is 1. The van der Waals surface area contributed by atoms with Crippen molar-refractivity contribution in [3.63, 3.8) is 0 Å². The number of hydrogen-bond acceptors (Lipinski definition) is 6. The van der Waals surface area contributed by atoms with Crippen molar-refractivity contribution in [2.75, 3.05) is 39.5 Å². The third kappa shape index (κ3) is 46.4. The molecule has 0 saturated carbocycles. The van der Waals surface area contributed by atoms with Crippen LogP contribution >= 0.6 is 0 Å². The molecule has 0 atom stereocenters. The molecule has 0 unspecified atom stereocenters. The van der Waals surface area contributed by atoms with Crippen molar-refractivity contribution in [2.45, 2.75) is 226 Å². The summed E-state index contributed by atoms with van der Waals surface area (Å²) in [6.45, 7) is 10.2. The molecule has 0 aromatic heterocycles. The Morgan fingerprint density at radius 1 is 0.449 bits per heavy atom. The van der Waals surface area contributed by atoms with E-state index in [9.17, 15) is 9.90 Å². The van der Waals surface area contributed by atoms with Gasteiger partial charge in [0, 0.05) is 58.9 Å². The molecule has 0 saturated heterocycles. The molecule has 0 heterocycles. The molecule has 6 nitrogen and oxygen atoms in total. The van der Waals surface area contributed by atoms with Gasteiger partial charge in [-0.3, -0.25) is 4.79 Å². The number of esters is 1. The van der Waals surface area contributed by atoms with Crippen LogP contribution in [0.1, 0.15) is 220 Å². The third-order valence-corrected chi connectivity index (χ3v) is 9.47. The number of ether oxygens (including phenoxy) is 1. The van der Waals surface area contributed by atoms with Crippen LogP contribution in [0.2, 0.25) is 0 Å². The van der Waals surface area contributed by atoms with E-state index < -0.39 is 0 Å². The summed E-state index contributed by atoms with van der Waals surface area (Å²) in [4.78, 5) is 14.8. The Morgan fingerprint density at radius 2 is 0.796 bits per heavy atom. The first-order valence-electron chi connectivity index (χ1n) is 21.3. The van der Waals surface area contributed by atoms with E-state index in [4.69, 9.17) is 14.9 Å². The fraction of sp³-hybridized carbons (Fsp3) is 0.976. The van der Waals surface area contributed by atoms with Crippen LogP contribution in [-0.4, -0.2) is 71.7 Å². The van der Waals surface area contributed by atoms with E-state index in [2.05, 4.69) is 25.7 Å². The van der Waals surface area contributed by atoms with E-state index in [1.54, 1.807) is 0 Å². The van der Waals surface area contributed by atoms with Gasteiger partial charge in [-0.25, -0.2) is 0 Å². The van der Waals surface area contributed by atoms with Crippen molar-refractivity contribution in [1.29, 1.82) is 0 Å². The number of rotatable bonds is 38. The first kappa shape index (κ1) is 53.8. The quantitative estimate of drug-likeness (QED) is 0.0427. The minimum atomic E-state index is 0. The molecule has 7 heteroatoms. The van der Waals surface area contributed by atoms with Crippen LogP contribution in [0.3, 0.4) is 0 Å². The second-order valence-electron chi connectivity index (χ2n) is 14.3. The van der Waals surface area contributed by atoms with E-state index in [1.807, 2.05) is 0 Å². The van der Waals surface area contributed by atoms with Gasteiger partial charge < -0.3 is 25.0 Å². The maximum Gasteiger partial charge on any atom is 0.306 e. The molecule has 0 aromatic carbocycles. The summed E-state index contributed by atoms with van der Waals surface area (Å²) < 4.78 is 5.95.